The quantitative estimate of drug-likeness (QED) is 0.384. The first-order chi connectivity index (χ1) is 14.0. The van der Waals surface area contributed by atoms with Gasteiger partial charge in [-0.1, -0.05) is 12.1 Å². The number of halogens is 1. The Balaban J connectivity index is 1.66. The largest absolute Gasteiger partial charge is 0.357 e. The molecule has 3 unspecified atom stereocenters. The number of nitrogens with zero attached hydrogens (tertiary/aromatic N) is 3. The second-order valence-corrected chi connectivity index (χ2v) is 7.30. The van der Waals surface area contributed by atoms with E-state index in [1.807, 2.05) is 44.6 Å². The topological polar surface area (TPSA) is 96.6 Å². The molecule has 1 saturated heterocycles. The number of carbonyl (C=O) groups is 1. The van der Waals surface area contributed by atoms with Gasteiger partial charge in [0.25, 0.3) is 0 Å². The van der Waals surface area contributed by atoms with Gasteiger partial charge in [-0.15, -0.1) is 11.6 Å². The van der Waals surface area contributed by atoms with Gasteiger partial charge in [-0.2, -0.15) is 0 Å². The molecule has 3 atom stereocenters. The average molecular weight is 421 g/mol. The van der Waals surface area contributed by atoms with Crippen LogP contribution in [0.3, 0.4) is 0 Å². The summed E-state index contributed by atoms with van der Waals surface area (Å²) in [5, 5.41) is 19.3. The SMILES string of the molecule is CNC1NC(Nc2cccc3cnccc23)NC(N(C)CCN(C)C(=O)CCl)N1. The maximum atomic E-state index is 11.7. The van der Waals surface area contributed by atoms with Crippen LogP contribution in [0.4, 0.5) is 5.69 Å². The molecule has 29 heavy (non-hydrogen) atoms. The van der Waals surface area contributed by atoms with E-state index in [1.165, 1.54) is 0 Å². The van der Waals surface area contributed by atoms with Gasteiger partial charge in [0.1, 0.15) is 24.7 Å². The summed E-state index contributed by atoms with van der Waals surface area (Å²) in [4.78, 5) is 19.6. The molecule has 1 aromatic carbocycles. The lowest BCUT2D eigenvalue weighted by atomic mass is 10.1. The van der Waals surface area contributed by atoms with Gasteiger partial charge in [0.05, 0.1) is 0 Å². The van der Waals surface area contributed by atoms with Crippen LogP contribution in [0.15, 0.2) is 36.7 Å². The Bertz CT molecular complexity index is 816. The summed E-state index contributed by atoms with van der Waals surface area (Å²) in [5.74, 6) is -0.0808. The number of fused-ring (bicyclic) bond motifs is 1. The van der Waals surface area contributed by atoms with Crippen molar-refractivity contribution in [2.45, 2.75) is 18.9 Å². The van der Waals surface area contributed by atoms with Crippen LogP contribution in [0.1, 0.15) is 0 Å². The summed E-state index contributed by atoms with van der Waals surface area (Å²) in [6.07, 6.45) is 3.27. The molecule has 1 aromatic heterocycles. The summed E-state index contributed by atoms with van der Waals surface area (Å²) >= 11 is 5.63. The van der Waals surface area contributed by atoms with Gasteiger partial charge in [-0.25, -0.2) is 0 Å². The third kappa shape index (κ3) is 5.53. The lowest BCUT2D eigenvalue weighted by Gasteiger charge is -2.43. The summed E-state index contributed by atoms with van der Waals surface area (Å²) in [7, 11) is 5.65. The minimum absolute atomic E-state index is 0.00155. The van der Waals surface area contributed by atoms with E-state index in [4.69, 9.17) is 11.6 Å². The first kappa shape index (κ1) is 21.7. The Kier molecular flexibility index (Phi) is 7.59. The molecule has 158 valence electrons. The predicted molar refractivity (Wildman–Crippen MR) is 116 cm³/mol. The smallest absolute Gasteiger partial charge is 0.237 e. The molecule has 0 spiro atoms. The highest BCUT2D eigenvalue weighted by atomic mass is 35.5. The van der Waals surface area contributed by atoms with Crippen molar-refractivity contribution in [3.63, 3.8) is 0 Å². The number of benzene rings is 1. The van der Waals surface area contributed by atoms with E-state index in [0.29, 0.717) is 13.1 Å². The van der Waals surface area contributed by atoms with Crippen LogP contribution in [0.25, 0.3) is 10.8 Å². The Hall–Kier alpha value is -2.01. The lowest BCUT2D eigenvalue weighted by molar-refractivity contribution is -0.127. The van der Waals surface area contributed by atoms with Gasteiger partial charge in [0.15, 0.2) is 0 Å². The number of pyridine rings is 1. The average Bonchev–Trinajstić information content (AvgIpc) is 2.76. The number of hydrogen-bond donors (Lipinski definition) is 5. The van der Waals surface area contributed by atoms with E-state index in [1.54, 1.807) is 18.1 Å². The molecule has 1 aliphatic rings. The zero-order valence-electron chi connectivity index (χ0n) is 16.9. The van der Waals surface area contributed by atoms with E-state index in [0.717, 1.165) is 16.5 Å². The second kappa shape index (κ2) is 10.1. The number of rotatable bonds is 8. The Morgan fingerprint density at radius 2 is 1.97 bits per heavy atom. The van der Waals surface area contributed by atoms with E-state index in [9.17, 15) is 4.79 Å². The highest BCUT2D eigenvalue weighted by Crippen LogP contribution is 2.22. The molecular formula is C19H29ClN8O. The predicted octanol–water partition coefficient (Wildman–Crippen LogP) is 0.128. The molecule has 1 amide bonds. The molecule has 2 aromatic rings. The summed E-state index contributed by atoms with van der Waals surface area (Å²) < 4.78 is 0. The molecule has 0 radical (unpaired) electrons. The molecule has 1 fully saturated rings. The summed E-state index contributed by atoms with van der Waals surface area (Å²) in [5.41, 5.74) is 1.01. The van der Waals surface area contributed by atoms with Gasteiger partial charge >= 0.3 is 0 Å². The summed E-state index contributed by atoms with van der Waals surface area (Å²) in [6, 6.07) is 8.11. The zero-order valence-corrected chi connectivity index (χ0v) is 17.7. The Morgan fingerprint density at radius 3 is 2.72 bits per heavy atom. The minimum Gasteiger partial charge on any atom is -0.357 e. The van der Waals surface area contributed by atoms with Gasteiger partial charge < -0.3 is 10.2 Å². The zero-order chi connectivity index (χ0) is 20.8. The van der Waals surface area contributed by atoms with Crippen molar-refractivity contribution in [2.24, 2.45) is 0 Å². The van der Waals surface area contributed by atoms with Gasteiger partial charge in [-0.3, -0.25) is 35.9 Å². The van der Waals surface area contributed by atoms with Crippen LogP contribution in [-0.2, 0) is 4.79 Å². The highest BCUT2D eigenvalue weighted by Gasteiger charge is 2.28. The molecular weight excluding hydrogens is 392 g/mol. The molecule has 0 saturated carbocycles. The van der Waals surface area contributed by atoms with Crippen LogP contribution in [0.5, 0.6) is 0 Å². The van der Waals surface area contributed by atoms with Gasteiger partial charge in [0, 0.05) is 49.0 Å². The Morgan fingerprint density at radius 1 is 1.17 bits per heavy atom. The molecule has 3 rings (SSSR count). The van der Waals surface area contributed by atoms with Crippen molar-refractivity contribution in [1.29, 1.82) is 0 Å². The summed E-state index contributed by atoms with van der Waals surface area (Å²) in [6.45, 7) is 1.28. The van der Waals surface area contributed by atoms with Crippen molar-refractivity contribution in [2.75, 3.05) is 45.4 Å². The third-order valence-corrected chi connectivity index (χ3v) is 5.25. The van der Waals surface area contributed by atoms with E-state index in [-0.39, 0.29) is 30.7 Å². The van der Waals surface area contributed by atoms with Crippen LogP contribution in [0, 0.1) is 0 Å². The molecule has 0 bridgehead atoms. The normalized spacial score (nSPS) is 22.0. The number of carbonyl (C=O) groups excluding carboxylic acids is 1. The minimum atomic E-state index is -0.179. The van der Waals surface area contributed by atoms with Crippen molar-refractivity contribution < 1.29 is 4.79 Å². The first-order valence-corrected chi connectivity index (χ1v) is 10.1. The van der Waals surface area contributed by atoms with Crippen molar-refractivity contribution in [1.82, 2.24) is 36.1 Å². The molecule has 10 heteroatoms. The number of aromatic nitrogens is 1. The second-order valence-electron chi connectivity index (χ2n) is 7.03. The Labute approximate surface area is 176 Å². The van der Waals surface area contributed by atoms with Crippen molar-refractivity contribution in [3.8, 4) is 0 Å². The molecule has 2 heterocycles. The van der Waals surface area contributed by atoms with E-state index in [2.05, 4.69) is 36.5 Å². The van der Waals surface area contributed by atoms with Gasteiger partial charge in [0.2, 0.25) is 5.91 Å². The molecule has 0 aliphatic carbocycles. The number of alkyl halides is 1. The fraction of sp³-hybridized carbons (Fsp3) is 0.474. The molecule has 9 nitrogen and oxygen atoms in total. The standard InChI is InChI=1S/C19H29ClN8O/c1-21-17-24-18(23-15-6-4-5-13-12-22-8-7-14(13)15)26-19(25-17)28(3)10-9-27(2)16(29)11-20/h4-8,12,17-19,21,23-26H,9-11H2,1-3H3. The maximum Gasteiger partial charge on any atom is 0.237 e. The maximum absolute atomic E-state index is 11.7. The third-order valence-electron chi connectivity index (χ3n) is 5.02. The number of hydrogen-bond acceptors (Lipinski definition) is 8. The fourth-order valence-electron chi connectivity index (χ4n) is 3.20. The molecule has 5 N–H and O–H groups in total. The number of anilines is 1. The van der Waals surface area contributed by atoms with E-state index >= 15 is 0 Å². The van der Waals surface area contributed by atoms with Crippen LogP contribution in [0.2, 0.25) is 0 Å². The lowest BCUT2D eigenvalue weighted by Crippen LogP contribution is -2.75. The first-order valence-electron chi connectivity index (χ1n) is 9.56. The highest BCUT2D eigenvalue weighted by molar-refractivity contribution is 6.27. The fourth-order valence-corrected chi connectivity index (χ4v) is 3.40. The van der Waals surface area contributed by atoms with Gasteiger partial charge in [-0.05, 0) is 26.2 Å². The number of likely N-dealkylation sites (N-methyl/N-ethyl adjacent to an activating group) is 2. The number of amides is 1. The van der Waals surface area contributed by atoms with Crippen LogP contribution < -0.4 is 26.6 Å². The van der Waals surface area contributed by atoms with Crippen LogP contribution >= 0.6 is 11.6 Å². The number of nitrogens with one attached hydrogen (secondary N) is 5. The van der Waals surface area contributed by atoms with Crippen molar-refractivity contribution >= 4 is 34.0 Å². The van der Waals surface area contributed by atoms with Crippen molar-refractivity contribution in [3.05, 3.63) is 36.7 Å². The monoisotopic (exact) mass is 420 g/mol. The van der Waals surface area contributed by atoms with E-state index < -0.39 is 0 Å². The molecule has 1 aliphatic heterocycles. The van der Waals surface area contributed by atoms with Crippen LogP contribution in [-0.4, -0.2) is 79.7 Å².